The predicted octanol–water partition coefficient (Wildman–Crippen LogP) is 4.54. The Morgan fingerprint density at radius 2 is 1.93 bits per heavy atom. The molecule has 0 bridgehead atoms. The van der Waals surface area contributed by atoms with Crippen LogP contribution in [0.15, 0.2) is 78.7 Å². The first kappa shape index (κ1) is 18.4. The molecule has 3 heterocycles. The topological polar surface area (TPSA) is 43.2 Å². The number of thiazole rings is 1. The molecule has 0 N–H and O–H groups in total. The molecule has 0 atom stereocenters. The zero-order chi connectivity index (χ0) is 19.2. The lowest BCUT2D eigenvalue weighted by Gasteiger charge is -2.24. The van der Waals surface area contributed by atoms with Gasteiger partial charge in [0.2, 0.25) is 0 Å². The van der Waals surface area contributed by atoms with Crippen molar-refractivity contribution >= 4 is 11.3 Å². The second-order valence-corrected chi connectivity index (χ2v) is 7.38. The van der Waals surface area contributed by atoms with Crippen molar-refractivity contribution in [3.8, 4) is 10.9 Å². The molecule has 0 amide bonds. The van der Waals surface area contributed by atoms with Crippen LogP contribution in [-0.4, -0.2) is 26.5 Å². The lowest BCUT2D eigenvalue weighted by Crippen LogP contribution is -2.24. The molecule has 1 aromatic carbocycles. The zero-order valence-electron chi connectivity index (χ0n) is 15.7. The van der Waals surface area contributed by atoms with Gasteiger partial charge in [0.05, 0.1) is 7.11 Å². The molecule has 0 aliphatic heterocycles. The van der Waals surface area contributed by atoms with Crippen LogP contribution in [0.1, 0.15) is 16.8 Å². The normalized spacial score (nSPS) is 11.1. The summed E-state index contributed by atoms with van der Waals surface area (Å²) in [5.74, 6) is 0.911. The summed E-state index contributed by atoms with van der Waals surface area (Å²) >= 11 is 1.64. The van der Waals surface area contributed by atoms with Crippen molar-refractivity contribution in [2.24, 2.45) is 0 Å². The highest BCUT2D eigenvalue weighted by molar-refractivity contribution is 7.12. The van der Waals surface area contributed by atoms with Crippen LogP contribution >= 0.6 is 11.3 Å². The summed E-state index contributed by atoms with van der Waals surface area (Å²) in [5, 5.41) is 2.99. The van der Waals surface area contributed by atoms with Gasteiger partial charge in [0.15, 0.2) is 5.13 Å². The van der Waals surface area contributed by atoms with E-state index < -0.39 is 0 Å². The Balaban J connectivity index is 1.61. The van der Waals surface area contributed by atoms with Gasteiger partial charge in [-0.25, -0.2) is 4.98 Å². The van der Waals surface area contributed by atoms with E-state index in [2.05, 4.69) is 56.0 Å². The molecule has 0 saturated heterocycles. The molecular formula is C22H22N4OS. The second kappa shape index (κ2) is 8.82. The van der Waals surface area contributed by atoms with Gasteiger partial charge in [0.1, 0.15) is 5.75 Å². The summed E-state index contributed by atoms with van der Waals surface area (Å²) < 4.78 is 7.72. The van der Waals surface area contributed by atoms with Gasteiger partial charge in [-0.3, -0.25) is 14.5 Å². The lowest BCUT2D eigenvalue weighted by molar-refractivity contribution is 0.239. The minimum Gasteiger partial charge on any atom is -0.496 e. The van der Waals surface area contributed by atoms with Crippen molar-refractivity contribution in [2.75, 3.05) is 7.11 Å². The first-order valence-corrected chi connectivity index (χ1v) is 10.0. The van der Waals surface area contributed by atoms with Crippen LogP contribution in [0.5, 0.6) is 5.75 Å². The average Bonchev–Trinajstić information content (AvgIpc) is 3.41. The van der Waals surface area contributed by atoms with Crippen molar-refractivity contribution in [1.82, 2.24) is 19.4 Å². The molecular weight excluding hydrogens is 368 g/mol. The van der Waals surface area contributed by atoms with E-state index >= 15 is 0 Å². The monoisotopic (exact) mass is 390 g/mol. The van der Waals surface area contributed by atoms with Crippen LogP contribution in [0.2, 0.25) is 0 Å². The SMILES string of the molecule is COc1ccccc1CN(Cc1cccnc1)Cc1cccn1-c1nccs1. The van der Waals surface area contributed by atoms with E-state index in [4.69, 9.17) is 4.74 Å². The number of hydrogen-bond donors (Lipinski definition) is 0. The third-order valence-electron chi connectivity index (χ3n) is 4.56. The summed E-state index contributed by atoms with van der Waals surface area (Å²) in [6.45, 7) is 2.37. The highest BCUT2D eigenvalue weighted by Gasteiger charge is 2.14. The van der Waals surface area contributed by atoms with Gasteiger partial charge in [-0.05, 0) is 29.8 Å². The minimum atomic E-state index is 0.780. The molecule has 0 unspecified atom stereocenters. The fourth-order valence-corrected chi connectivity index (χ4v) is 3.94. The van der Waals surface area contributed by atoms with Crippen LogP contribution in [-0.2, 0) is 19.6 Å². The fraction of sp³-hybridized carbons (Fsp3) is 0.182. The molecule has 0 aliphatic rings. The number of ether oxygens (including phenoxy) is 1. The lowest BCUT2D eigenvalue weighted by atomic mass is 10.1. The minimum absolute atomic E-state index is 0.780. The van der Waals surface area contributed by atoms with Gasteiger partial charge in [0, 0.05) is 61.1 Å². The largest absolute Gasteiger partial charge is 0.496 e. The summed E-state index contributed by atoms with van der Waals surface area (Å²) in [6.07, 6.45) is 7.64. The highest BCUT2D eigenvalue weighted by Crippen LogP contribution is 2.23. The molecule has 0 fully saturated rings. The standard InChI is InChI=1S/C22H22N4OS/c1-27-21-9-3-2-7-19(21)16-25(15-18-6-4-10-23-14-18)17-20-8-5-12-26(20)22-24-11-13-28-22/h2-14H,15-17H2,1H3. The van der Waals surface area contributed by atoms with E-state index in [0.29, 0.717) is 0 Å². The summed E-state index contributed by atoms with van der Waals surface area (Å²) in [7, 11) is 1.72. The number of rotatable bonds is 8. The molecule has 4 rings (SSSR count). The molecule has 5 nitrogen and oxygen atoms in total. The van der Waals surface area contributed by atoms with Crippen LogP contribution in [0.3, 0.4) is 0 Å². The van der Waals surface area contributed by atoms with E-state index in [1.807, 2.05) is 42.2 Å². The Labute approximate surface area is 168 Å². The summed E-state index contributed by atoms with van der Waals surface area (Å²) in [6, 6.07) is 16.5. The molecule has 4 aromatic rings. The number of nitrogens with zero attached hydrogens (tertiary/aromatic N) is 4. The quantitative estimate of drug-likeness (QED) is 0.443. The smallest absolute Gasteiger partial charge is 0.193 e. The Kier molecular flexibility index (Phi) is 5.80. The number of hydrogen-bond acceptors (Lipinski definition) is 5. The number of para-hydroxylation sites is 1. The maximum absolute atomic E-state index is 5.56. The van der Waals surface area contributed by atoms with Crippen molar-refractivity contribution in [3.63, 3.8) is 0 Å². The molecule has 142 valence electrons. The first-order valence-electron chi connectivity index (χ1n) is 9.13. The van der Waals surface area contributed by atoms with Crippen molar-refractivity contribution < 1.29 is 4.74 Å². The van der Waals surface area contributed by atoms with E-state index in [-0.39, 0.29) is 0 Å². The maximum atomic E-state index is 5.56. The average molecular weight is 391 g/mol. The summed E-state index contributed by atoms with van der Waals surface area (Å²) in [5.41, 5.74) is 3.56. The molecule has 0 aliphatic carbocycles. The van der Waals surface area contributed by atoms with Gasteiger partial charge in [-0.1, -0.05) is 24.3 Å². The van der Waals surface area contributed by atoms with Crippen molar-refractivity contribution in [2.45, 2.75) is 19.6 Å². The number of pyridine rings is 1. The second-order valence-electron chi connectivity index (χ2n) is 6.50. The highest BCUT2D eigenvalue weighted by atomic mass is 32.1. The number of aromatic nitrogens is 3. The number of benzene rings is 1. The van der Waals surface area contributed by atoms with Crippen LogP contribution in [0.4, 0.5) is 0 Å². The van der Waals surface area contributed by atoms with Crippen molar-refractivity contribution in [1.29, 1.82) is 0 Å². The van der Waals surface area contributed by atoms with E-state index in [0.717, 1.165) is 30.5 Å². The Morgan fingerprint density at radius 3 is 2.71 bits per heavy atom. The molecule has 0 saturated carbocycles. The maximum Gasteiger partial charge on any atom is 0.193 e. The van der Waals surface area contributed by atoms with E-state index in [1.54, 1.807) is 18.4 Å². The van der Waals surface area contributed by atoms with Crippen LogP contribution < -0.4 is 4.74 Å². The third kappa shape index (κ3) is 4.30. The van der Waals surface area contributed by atoms with Gasteiger partial charge in [-0.15, -0.1) is 11.3 Å². The Hall–Kier alpha value is -2.96. The Morgan fingerprint density at radius 1 is 1.00 bits per heavy atom. The van der Waals surface area contributed by atoms with Crippen molar-refractivity contribution in [3.05, 3.63) is 95.5 Å². The van der Waals surface area contributed by atoms with E-state index in [9.17, 15) is 0 Å². The molecule has 28 heavy (non-hydrogen) atoms. The van der Waals surface area contributed by atoms with Crippen LogP contribution in [0, 0.1) is 0 Å². The first-order chi connectivity index (χ1) is 13.8. The Bertz CT molecular complexity index is 998. The molecule has 3 aromatic heterocycles. The van der Waals surface area contributed by atoms with Gasteiger partial charge < -0.3 is 4.74 Å². The number of methoxy groups -OCH3 is 1. The summed E-state index contributed by atoms with van der Waals surface area (Å²) in [4.78, 5) is 11.1. The van der Waals surface area contributed by atoms with Crippen LogP contribution in [0.25, 0.3) is 5.13 Å². The van der Waals surface area contributed by atoms with Gasteiger partial charge in [-0.2, -0.15) is 0 Å². The molecule has 0 spiro atoms. The molecule has 0 radical (unpaired) electrons. The third-order valence-corrected chi connectivity index (χ3v) is 5.33. The predicted molar refractivity (Wildman–Crippen MR) is 112 cm³/mol. The zero-order valence-corrected chi connectivity index (χ0v) is 16.5. The van der Waals surface area contributed by atoms with Gasteiger partial charge >= 0.3 is 0 Å². The van der Waals surface area contributed by atoms with Gasteiger partial charge in [0.25, 0.3) is 0 Å². The van der Waals surface area contributed by atoms with E-state index in [1.165, 1.54) is 16.8 Å². The molecule has 6 heteroatoms. The fourth-order valence-electron chi connectivity index (χ4n) is 3.29.